The molecule has 1 aromatic heterocycles. The highest BCUT2D eigenvalue weighted by Crippen LogP contribution is 2.13. The molecule has 0 saturated heterocycles. The molecule has 2 aromatic rings. The van der Waals surface area contributed by atoms with Gasteiger partial charge in [0.2, 0.25) is 0 Å². The molecule has 1 heterocycles. The van der Waals surface area contributed by atoms with E-state index in [0.717, 1.165) is 62.5 Å². The summed E-state index contributed by atoms with van der Waals surface area (Å²) in [5.41, 5.74) is 1.16. The van der Waals surface area contributed by atoms with E-state index < -0.39 is 0 Å². The van der Waals surface area contributed by atoms with Crippen molar-refractivity contribution in [2.75, 3.05) is 13.1 Å². The van der Waals surface area contributed by atoms with Crippen LogP contribution in [-0.4, -0.2) is 38.1 Å². The lowest BCUT2D eigenvalue weighted by atomic mass is 10.1. The lowest BCUT2D eigenvalue weighted by molar-refractivity contribution is -0.384. The fourth-order valence-corrected chi connectivity index (χ4v) is 2.67. The summed E-state index contributed by atoms with van der Waals surface area (Å²) in [5.74, 6) is 1.69. The van der Waals surface area contributed by atoms with E-state index in [1.54, 1.807) is 12.1 Å². The normalized spacial score (nSPS) is 11.1. The average Bonchev–Trinajstić information content (AvgIpc) is 3.01. The summed E-state index contributed by atoms with van der Waals surface area (Å²) in [6.45, 7) is 7.28. The van der Waals surface area contributed by atoms with Crippen molar-refractivity contribution >= 4 is 5.69 Å². The first-order chi connectivity index (χ1) is 11.6. The number of rotatable bonds is 10. The van der Waals surface area contributed by atoms with Gasteiger partial charge in [-0.3, -0.25) is 20.1 Å². The fraction of sp³-hybridized carbons (Fsp3) is 0.529. The Morgan fingerprint density at radius 2 is 1.79 bits per heavy atom. The number of aromatic amines is 1. The van der Waals surface area contributed by atoms with E-state index in [1.807, 2.05) is 0 Å². The average molecular weight is 331 g/mol. The summed E-state index contributed by atoms with van der Waals surface area (Å²) >= 11 is 0. The van der Waals surface area contributed by atoms with Crippen molar-refractivity contribution < 1.29 is 4.92 Å². The first-order valence-electron chi connectivity index (χ1n) is 8.48. The van der Waals surface area contributed by atoms with Gasteiger partial charge in [0.15, 0.2) is 5.82 Å². The third kappa shape index (κ3) is 5.42. The molecule has 2 rings (SSSR count). The van der Waals surface area contributed by atoms with Crippen molar-refractivity contribution in [2.24, 2.45) is 0 Å². The molecule has 0 aliphatic heterocycles. The van der Waals surface area contributed by atoms with Gasteiger partial charge in [-0.25, -0.2) is 4.98 Å². The van der Waals surface area contributed by atoms with Crippen molar-refractivity contribution in [3.8, 4) is 0 Å². The molecular formula is C17H25N5O2. The van der Waals surface area contributed by atoms with Gasteiger partial charge in [-0.1, -0.05) is 26.0 Å². The van der Waals surface area contributed by atoms with Gasteiger partial charge in [0.1, 0.15) is 5.82 Å². The zero-order chi connectivity index (χ0) is 17.4. The van der Waals surface area contributed by atoms with E-state index in [4.69, 9.17) is 0 Å². The molecule has 130 valence electrons. The number of aryl methyl sites for hydroxylation is 2. The number of hydrogen-bond donors (Lipinski definition) is 1. The number of nitro groups is 1. The lowest BCUT2D eigenvalue weighted by Crippen LogP contribution is -2.25. The molecule has 0 bridgehead atoms. The van der Waals surface area contributed by atoms with Gasteiger partial charge in [-0.15, -0.1) is 0 Å². The minimum atomic E-state index is -0.385. The van der Waals surface area contributed by atoms with E-state index in [9.17, 15) is 10.1 Å². The standard InChI is InChI=1S/C17H25N5O2/c1-3-11-21(12-4-2)13-17-18-16(19-20-17)10-7-14-5-8-15(9-6-14)22(23)24/h5-6,8-9H,3-4,7,10-13H2,1-2H3,(H,18,19,20). The first kappa shape index (κ1) is 18.1. The van der Waals surface area contributed by atoms with Crippen LogP contribution in [0, 0.1) is 10.1 Å². The SMILES string of the molecule is CCCN(CCC)Cc1nc(CCc2ccc([N+](=O)[O-])cc2)n[nH]1. The summed E-state index contributed by atoms with van der Waals surface area (Å²) < 4.78 is 0. The van der Waals surface area contributed by atoms with E-state index in [0.29, 0.717) is 0 Å². The smallest absolute Gasteiger partial charge is 0.269 e. The maximum Gasteiger partial charge on any atom is 0.269 e. The Morgan fingerprint density at radius 3 is 2.38 bits per heavy atom. The maximum atomic E-state index is 10.7. The third-order valence-electron chi connectivity index (χ3n) is 3.82. The second-order valence-electron chi connectivity index (χ2n) is 5.90. The fourth-order valence-electron chi connectivity index (χ4n) is 2.67. The van der Waals surface area contributed by atoms with Gasteiger partial charge in [0.05, 0.1) is 11.5 Å². The Kier molecular flexibility index (Phi) is 6.87. The minimum absolute atomic E-state index is 0.117. The lowest BCUT2D eigenvalue weighted by Gasteiger charge is -2.18. The quantitative estimate of drug-likeness (QED) is 0.534. The molecule has 0 atom stereocenters. The molecular weight excluding hydrogens is 306 g/mol. The van der Waals surface area contributed by atoms with Crippen LogP contribution < -0.4 is 0 Å². The first-order valence-corrected chi connectivity index (χ1v) is 8.48. The van der Waals surface area contributed by atoms with Crippen molar-refractivity contribution in [1.29, 1.82) is 0 Å². The molecule has 1 N–H and O–H groups in total. The minimum Gasteiger partial charge on any atom is -0.296 e. The van der Waals surface area contributed by atoms with Crippen molar-refractivity contribution in [3.63, 3.8) is 0 Å². The van der Waals surface area contributed by atoms with Gasteiger partial charge in [0.25, 0.3) is 5.69 Å². The molecule has 0 spiro atoms. The zero-order valence-electron chi connectivity index (χ0n) is 14.4. The second-order valence-corrected chi connectivity index (χ2v) is 5.90. The van der Waals surface area contributed by atoms with Gasteiger partial charge >= 0.3 is 0 Å². The molecule has 0 unspecified atom stereocenters. The summed E-state index contributed by atoms with van der Waals surface area (Å²) in [7, 11) is 0. The van der Waals surface area contributed by atoms with Crippen LogP contribution >= 0.6 is 0 Å². The molecule has 0 aliphatic carbocycles. The number of nitro benzene ring substituents is 1. The Bertz CT molecular complexity index is 633. The monoisotopic (exact) mass is 331 g/mol. The van der Waals surface area contributed by atoms with Crippen molar-refractivity contribution in [3.05, 3.63) is 51.6 Å². The maximum absolute atomic E-state index is 10.7. The van der Waals surface area contributed by atoms with Crippen LogP contribution in [-0.2, 0) is 19.4 Å². The molecule has 0 radical (unpaired) electrons. The Labute approximate surface area is 142 Å². The van der Waals surface area contributed by atoms with Gasteiger partial charge < -0.3 is 0 Å². The van der Waals surface area contributed by atoms with E-state index in [2.05, 4.69) is 33.9 Å². The molecule has 0 saturated carbocycles. The van der Waals surface area contributed by atoms with Crippen LogP contribution in [0.5, 0.6) is 0 Å². The predicted octanol–water partition coefficient (Wildman–Crippen LogP) is 3.12. The summed E-state index contributed by atoms with van der Waals surface area (Å²) in [4.78, 5) is 17.2. The number of hydrogen-bond acceptors (Lipinski definition) is 5. The summed E-state index contributed by atoms with van der Waals surface area (Å²) in [6, 6.07) is 6.64. The largest absolute Gasteiger partial charge is 0.296 e. The molecule has 7 nitrogen and oxygen atoms in total. The molecule has 24 heavy (non-hydrogen) atoms. The van der Waals surface area contributed by atoms with Gasteiger partial charge in [0, 0.05) is 18.6 Å². The number of non-ortho nitro benzene ring substituents is 1. The zero-order valence-corrected chi connectivity index (χ0v) is 14.4. The molecule has 0 amide bonds. The highest BCUT2D eigenvalue weighted by Gasteiger charge is 2.09. The van der Waals surface area contributed by atoms with Crippen LogP contribution in [0.3, 0.4) is 0 Å². The van der Waals surface area contributed by atoms with Crippen LogP contribution in [0.4, 0.5) is 5.69 Å². The topological polar surface area (TPSA) is 87.9 Å². The Morgan fingerprint density at radius 1 is 1.12 bits per heavy atom. The van der Waals surface area contributed by atoms with Crippen LogP contribution in [0.2, 0.25) is 0 Å². The Balaban J connectivity index is 1.87. The van der Waals surface area contributed by atoms with Crippen LogP contribution in [0.1, 0.15) is 43.9 Å². The van der Waals surface area contributed by atoms with Gasteiger partial charge in [-0.2, -0.15) is 5.10 Å². The Hall–Kier alpha value is -2.28. The van der Waals surface area contributed by atoms with Gasteiger partial charge in [-0.05, 0) is 37.9 Å². The number of nitrogens with one attached hydrogen (secondary N) is 1. The van der Waals surface area contributed by atoms with Crippen molar-refractivity contribution in [1.82, 2.24) is 20.1 Å². The summed E-state index contributed by atoms with van der Waals surface area (Å²) in [6.07, 6.45) is 3.74. The highest BCUT2D eigenvalue weighted by atomic mass is 16.6. The van der Waals surface area contributed by atoms with E-state index >= 15 is 0 Å². The third-order valence-corrected chi connectivity index (χ3v) is 3.82. The van der Waals surface area contributed by atoms with E-state index in [-0.39, 0.29) is 10.6 Å². The second kappa shape index (κ2) is 9.12. The number of aromatic nitrogens is 3. The summed E-state index contributed by atoms with van der Waals surface area (Å²) in [5, 5.41) is 18.0. The predicted molar refractivity (Wildman–Crippen MR) is 92.7 cm³/mol. The number of nitrogens with zero attached hydrogens (tertiary/aromatic N) is 4. The number of benzene rings is 1. The van der Waals surface area contributed by atoms with Crippen LogP contribution in [0.25, 0.3) is 0 Å². The molecule has 0 aliphatic rings. The van der Waals surface area contributed by atoms with Crippen LogP contribution in [0.15, 0.2) is 24.3 Å². The molecule has 0 fully saturated rings. The molecule has 1 aromatic carbocycles. The molecule has 7 heteroatoms. The highest BCUT2D eigenvalue weighted by molar-refractivity contribution is 5.33. The van der Waals surface area contributed by atoms with Crippen molar-refractivity contribution in [2.45, 2.75) is 46.1 Å². The van der Waals surface area contributed by atoms with E-state index in [1.165, 1.54) is 12.1 Å². The number of H-pyrrole nitrogens is 1.